The molecule has 1 aliphatic heterocycles. The third-order valence-corrected chi connectivity index (χ3v) is 7.55. The first kappa shape index (κ1) is 26.4. The normalized spacial score (nSPS) is 20.4. The maximum atomic E-state index is 13.4. The summed E-state index contributed by atoms with van der Waals surface area (Å²) in [6, 6.07) is 16.3. The van der Waals surface area contributed by atoms with E-state index in [0.717, 1.165) is 62.3 Å². The Hall–Kier alpha value is -2.66. The van der Waals surface area contributed by atoms with E-state index in [9.17, 15) is 4.79 Å². The molecule has 0 N–H and O–H groups in total. The lowest BCUT2D eigenvalue weighted by atomic mass is 9.90. The first-order chi connectivity index (χ1) is 17.4. The summed E-state index contributed by atoms with van der Waals surface area (Å²) in [5.74, 6) is 2.96. The molecule has 3 aromatic rings. The lowest BCUT2D eigenvalue weighted by Gasteiger charge is -2.40. The van der Waals surface area contributed by atoms with Gasteiger partial charge in [0.05, 0.1) is 16.9 Å². The third-order valence-electron chi connectivity index (χ3n) is 7.55. The number of fused-ring (bicyclic) bond motifs is 1. The molecule has 1 saturated heterocycles. The molecule has 0 unspecified atom stereocenters. The van der Waals surface area contributed by atoms with Gasteiger partial charge in [-0.25, -0.2) is 4.98 Å². The molecular weight excluding hydrogens is 446 g/mol. The van der Waals surface area contributed by atoms with E-state index >= 15 is 0 Å². The second kappa shape index (κ2) is 12.1. The second-order valence-electron chi connectivity index (χ2n) is 10.9. The molecular formula is C31H43N3O2. The van der Waals surface area contributed by atoms with Gasteiger partial charge in [-0.05, 0) is 55.2 Å². The lowest BCUT2D eigenvalue weighted by Crippen LogP contribution is -2.43. The molecule has 36 heavy (non-hydrogen) atoms. The van der Waals surface area contributed by atoms with Crippen molar-refractivity contribution in [3.8, 4) is 5.75 Å². The summed E-state index contributed by atoms with van der Waals surface area (Å²) >= 11 is 0. The van der Waals surface area contributed by atoms with Crippen LogP contribution in [-0.4, -0.2) is 27.5 Å². The van der Waals surface area contributed by atoms with Crippen LogP contribution in [0.1, 0.15) is 89.8 Å². The van der Waals surface area contributed by atoms with Crippen LogP contribution in [0.2, 0.25) is 0 Å². The Kier molecular flexibility index (Phi) is 8.84. The average Bonchev–Trinajstić information content (AvgIpc) is 2.87. The predicted octanol–water partition coefficient (Wildman–Crippen LogP) is 7.06. The summed E-state index contributed by atoms with van der Waals surface area (Å²) < 4.78 is 8.29. The van der Waals surface area contributed by atoms with Gasteiger partial charge in [0.2, 0.25) is 0 Å². The Balaban J connectivity index is 1.70. The van der Waals surface area contributed by atoms with Crippen LogP contribution in [0.3, 0.4) is 0 Å². The van der Waals surface area contributed by atoms with E-state index in [0.29, 0.717) is 17.2 Å². The number of aromatic nitrogens is 2. The van der Waals surface area contributed by atoms with Crippen LogP contribution in [-0.2, 0) is 7.05 Å². The minimum atomic E-state index is -0.0150. The molecule has 0 aliphatic carbocycles. The molecule has 4 atom stereocenters. The molecule has 194 valence electrons. The smallest absolute Gasteiger partial charge is 0.261 e. The number of likely N-dealkylation sites (tertiary alicyclic amines) is 1. The summed E-state index contributed by atoms with van der Waals surface area (Å²) in [6.45, 7) is 11.2. The van der Waals surface area contributed by atoms with Crippen LogP contribution in [0.5, 0.6) is 5.75 Å². The molecule has 0 spiro atoms. The second-order valence-corrected chi connectivity index (χ2v) is 10.9. The molecule has 4 rings (SSSR count). The van der Waals surface area contributed by atoms with Crippen LogP contribution in [0.4, 0.5) is 0 Å². The quantitative estimate of drug-likeness (QED) is 0.306. The third kappa shape index (κ3) is 6.00. The van der Waals surface area contributed by atoms with Crippen molar-refractivity contribution < 1.29 is 4.74 Å². The van der Waals surface area contributed by atoms with Crippen LogP contribution >= 0.6 is 0 Å². The first-order valence-corrected chi connectivity index (χ1v) is 13.9. The number of benzene rings is 2. The highest BCUT2D eigenvalue weighted by atomic mass is 16.5. The molecule has 1 fully saturated rings. The Morgan fingerprint density at radius 1 is 1.00 bits per heavy atom. The van der Waals surface area contributed by atoms with Gasteiger partial charge in [0.1, 0.15) is 17.7 Å². The number of nitrogens with zero attached hydrogens (tertiary/aromatic N) is 3. The van der Waals surface area contributed by atoms with E-state index in [-0.39, 0.29) is 17.7 Å². The van der Waals surface area contributed by atoms with Crippen LogP contribution in [0.25, 0.3) is 10.9 Å². The van der Waals surface area contributed by atoms with Crippen molar-refractivity contribution in [2.24, 2.45) is 18.9 Å². The van der Waals surface area contributed by atoms with Gasteiger partial charge >= 0.3 is 0 Å². The summed E-state index contributed by atoms with van der Waals surface area (Å²) in [5, 5.41) is 0.647. The van der Waals surface area contributed by atoms with Crippen molar-refractivity contribution in [2.45, 2.75) is 78.4 Å². The molecule has 0 bridgehead atoms. The molecule has 0 saturated carbocycles. The van der Waals surface area contributed by atoms with E-state index in [1.54, 1.807) is 4.57 Å². The zero-order valence-electron chi connectivity index (χ0n) is 22.7. The molecule has 0 radical (unpaired) electrons. The lowest BCUT2D eigenvalue weighted by molar-refractivity contribution is 0.0841. The van der Waals surface area contributed by atoms with E-state index < -0.39 is 0 Å². The SMILES string of the molecule is CCCC[C@@H](Oc1ccc2c(=O)n(C)c([C@@H](CCC)N3C[C@H](C)C[C@H](C)C3)nc2c1)c1ccccc1. The van der Waals surface area contributed by atoms with E-state index in [1.807, 2.05) is 31.3 Å². The highest BCUT2D eigenvalue weighted by Gasteiger charge is 2.30. The van der Waals surface area contributed by atoms with Crippen molar-refractivity contribution in [1.29, 1.82) is 0 Å². The standard InChI is InChI=1S/C31H43N3O2/c1-6-8-15-29(24-13-10-9-11-14-24)36-25-16-17-26-27(19-25)32-30(33(5)31(26)35)28(12-7-2)34-20-22(3)18-23(4)21-34/h9-11,13-14,16-17,19,22-23,28-29H,6-8,12,15,18,20-21H2,1-5H3/t22-,23+,28-,29-/m1/s1. The molecule has 5 heteroatoms. The topological polar surface area (TPSA) is 47.4 Å². The van der Waals surface area contributed by atoms with Crippen LogP contribution in [0.15, 0.2) is 53.3 Å². The summed E-state index contributed by atoms with van der Waals surface area (Å²) in [7, 11) is 1.88. The van der Waals surface area contributed by atoms with Crippen molar-refractivity contribution >= 4 is 10.9 Å². The number of rotatable bonds is 10. The fourth-order valence-electron chi connectivity index (χ4n) is 5.87. The van der Waals surface area contributed by atoms with Crippen molar-refractivity contribution in [1.82, 2.24) is 14.5 Å². The summed E-state index contributed by atoms with van der Waals surface area (Å²) in [5.41, 5.74) is 1.93. The summed E-state index contributed by atoms with van der Waals surface area (Å²) in [6.07, 6.45) is 6.47. The Morgan fingerprint density at radius 2 is 1.72 bits per heavy atom. The molecule has 2 heterocycles. The zero-order chi connectivity index (χ0) is 25.7. The first-order valence-electron chi connectivity index (χ1n) is 13.9. The van der Waals surface area contributed by atoms with Gasteiger partial charge in [-0.2, -0.15) is 0 Å². The number of hydrogen-bond donors (Lipinski definition) is 0. The summed E-state index contributed by atoms with van der Waals surface area (Å²) in [4.78, 5) is 21.1. The van der Waals surface area contributed by atoms with Gasteiger partial charge in [-0.1, -0.05) is 70.9 Å². The van der Waals surface area contributed by atoms with E-state index in [1.165, 1.54) is 12.0 Å². The Morgan fingerprint density at radius 3 is 2.39 bits per heavy atom. The average molecular weight is 490 g/mol. The largest absolute Gasteiger partial charge is 0.486 e. The van der Waals surface area contributed by atoms with Crippen molar-refractivity contribution in [3.63, 3.8) is 0 Å². The highest BCUT2D eigenvalue weighted by Crippen LogP contribution is 2.33. The minimum absolute atomic E-state index is 0.0150. The molecule has 1 aliphatic rings. The molecule has 5 nitrogen and oxygen atoms in total. The maximum Gasteiger partial charge on any atom is 0.261 e. The van der Waals surface area contributed by atoms with E-state index in [2.05, 4.69) is 56.9 Å². The van der Waals surface area contributed by atoms with E-state index in [4.69, 9.17) is 9.72 Å². The Bertz CT molecular complexity index is 1180. The number of unbranched alkanes of at least 4 members (excludes halogenated alkanes) is 1. The van der Waals surface area contributed by atoms with Crippen LogP contribution in [0, 0.1) is 11.8 Å². The van der Waals surface area contributed by atoms with Gasteiger partial charge in [-0.15, -0.1) is 0 Å². The fraction of sp³-hybridized carbons (Fsp3) is 0.548. The van der Waals surface area contributed by atoms with Crippen LogP contribution < -0.4 is 10.3 Å². The van der Waals surface area contributed by atoms with Gasteiger partial charge < -0.3 is 4.74 Å². The monoisotopic (exact) mass is 489 g/mol. The van der Waals surface area contributed by atoms with Gasteiger partial charge in [-0.3, -0.25) is 14.3 Å². The van der Waals surface area contributed by atoms with Crippen molar-refractivity contribution in [3.05, 3.63) is 70.3 Å². The fourth-order valence-corrected chi connectivity index (χ4v) is 5.87. The predicted molar refractivity (Wildman–Crippen MR) is 148 cm³/mol. The molecule has 2 aromatic carbocycles. The van der Waals surface area contributed by atoms with Gasteiger partial charge in [0.25, 0.3) is 5.56 Å². The highest BCUT2D eigenvalue weighted by molar-refractivity contribution is 5.79. The van der Waals surface area contributed by atoms with Gasteiger partial charge in [0.15, 0.2) is 0 Å². The maximum absolute atomic E-state index is 13.4. The zero-order valence-corrected chi connectivity index (χ0v) is 22.7. The number of piperidine rings is 1. The number of ether oxygens (including phenoxy) is 1. The van der Waals surface area contributed by atoms with Gasteiger partial charge in [0, 0.05) is 26.2 Å². The molecule has 1 aromatic heterocycles. The minimum Gasteiger partial charge on any atom is -0.486 e. The van der Waals surface area contributed by atoms with Crippen molar-refractivity contribution in [2.75, 3.05) is 13.1 Å². The number of hydrogen-bond acceptors (Lipinski definition) is 4. The molecule has 0 amide bonds. The Labute approximate surface area is 216 Å².